The van der Waals surface area contributed by atoms with Gasteiger partial charge in [-0.2, -0.15) is 0 Å². The van der Waals surface area contributed by atoms with Gasteiger partial charge >= 0.3 is 0 Å². The Hall–Kier alpha value is -0.810. The smallest absolute Gasteiger partial charge is 0.170 e. The van der Waals surface area contributed by atoms with Gasteiger partial charge in [0.25, 0.3) is 0 Å². The van der Waals surface area contributed by atoms with Gasteiger partial charge in [0.2, 0.25) is 0 Å². The van der Waals surface area contributed by atoms with Gasteiger partial charge in [-0.15, -0.1) is 0 Å². The van der Waals surface area contributed by atoms with Gasteiger partial charge in [-0.3, -0.25) is 4.57 Å². The fourth-order valence-corrected chi connectivity index (χ4v) is 3.14. The van der Waals surface area contributed by atoms with Crippen molar-refractivity contribution in [1.29, 1.82) is 0 Å². The predicted molar refractivity (Wildman–Crippen MR) is 60.5 cm³/mol. The Balaban J connectivity index is 2.41. The summed E-state index contributed by atoms with van der Waals surface area (Å²) >= 11 is 7.78. The lowest BCUT2D eigenvalue weighted by molar-refractivity contribution is 0.596. The Labute approximate surface area is 96.1 Å². The molecule has 0 radical (unpaired) electrons. The van der Waals surface area contributed by atoms with Gasteiger partial charge in [0.1, 0.15) is 11.3 Å². The quantitative estimate of drug-likeness (QED) is 0.664. The van der Waals surface area contributed by atoms with E-state index in [1.807, 2.05) is 6.92 Å². The van der Waals surface area contributed by atoms with Crippen LogP contribution in [0.4, 0.5) is 0 Å². The molecule has 0 unspecified atom stereocenters. The molecule has 2 aromatic rings. The lowest BCUT2D eigenvalue weighted by atomic mass is 10.4. The highest BCUT2D eigenvalue weighted by Gasteiger charge is 2.25. The molecule has 0 aliphatic carbocycles. The van der Waals surface area contributed by atoms with Crippen LogP contribution in [0.1, 0.15) is 18.8 Å². The molecule has 6 heteroatoms. The van der Waals surface area contributed by atoms with Crippen LogP contribution >= 0.6 is 23.4 Å². The van der Waals surface area contributed by atoms with Crippen LogP contribution in [0, 0.1) is 6.92 Å². The van der Waals surface area contributed by atoms with E-state index in [-0.39, 0.29) is 0 Å². The minimum absolute atomic E-state index is 0.431. The maximum Gasteiger partial charge on any atom is 0.170 e. The largest absolute Gasteiger partial charge is 0.300 e. The molecule has 0 spiro atoms. The molecule has 0 saturated carbocycles. The number of nitrogens with zero attached hydrogens (tertiary/aromatic N) is 4. The Bertz CT molecular complexity index is 551. The van der Waals surface area contributed by atoms with E-state index in [2.05, 4.69) is 26.4 Å². The fraction of sp³-hybridized carbons (Fsp3) is 0.444. The van der Waals surface area contributed by atoms with E-state index >= 15 is 0 Å². The van der Waals surface area contributed by atoms with E-state index in [9.17, 15) is 0 Å². The minimum atomic E-state index is 0.431. The summed E-state index contributed by atoms with van der Waals surface area (Å²) in [7, 11) is 0. The van der Waals surface area contributed by atoms with Gasteiger partial charge in [0.05, 0.1) is 0 Å². The second-order valence-electron chi connectivity index (χ2n) is 3.66. The first kappa shape index (κ1) is 9.42. The van der Waals surface area contributed by atoms with Crippen LogP contribution in [0.5, 0.6) is 0 Å². The molecule has 0 fully saturated rings. The number of fused-ring (bicyclic) bond motifs is 3. The number of hydrogen-bond donors (Lipinski definition) is 0. The van der Waals surface area contributed by atoms with Crippen LogP contribution in [0.15, 0.2) is 5.16 Å². The molecular formula is C9H9ClN4S. The first-order valence-corrected chi connectivity index (χ1v) is 6.08. The summed E-state index contributed by atoms with van der Waals surface area (Å²) in [5.74, 6) is 1.75. The van der Waals surface area contributed by atoms with Crippen LogP contribution in [0.25, 0.3) is 11.2 Å². The average molecular weight is 241 g/mol. The molecule has 2 aromatic heterocycles. The van der Waals surface area contributed by atoms with Crippen molar-refractivity contribution in [3.63, 3.8) is 0 Å². The summed E-state index contributed by atoms with van der Waals surface area (Å²) < 4.78 is 2.14. The highest BCUT2D eigenvalue weighted by molar-refractivity contribution is 7.99. The van der Waals surface area contributed by atoms with E-state index in [0.29, 0.717) is 17.0 Å². The molecule has 1 atom stereocenters. The van der Waals surface area contributed by atoms with Crippen molar-refractivity contribution >= 4 is 34.5 Å². The van der Waals surface area contributed by atoms with Gasteiger partial charge in [-0.1, -0.05) is 23.4 Å². The first-order chi connectivity index (χ1) is 7.16. The molecule has 0 bridgehead atoms. The third-order valence-corrected chi connectivity index (χ3v) is 3.93. The van der Waals surface area contributed by atoms with Crippen molar-refractivity contribution < 1.29 is 0 Å². The third-order valence-electron chi connectivity index (χ3n) is 2.47. The van der Waals surface area contributed by atoms with E-state index < -0.39 is 0 Å². The number of thioether (sulfide) groups is 1. The topological polar surface area (TPSA) is 43.6 Å². The first-order valence-electron chi connectivity index (χ1n) is 4.71. The fourth-order valence-electron chi connectivity index (χ4n) is 1.79. The molecule has 0 aromatic carbocycles. The van der Waals surface area contributed by atoms with Crippen LogP contribution in [-0.2, 0) is 0 Å². The van der Waals surface area contributed by atoms with Crippen molar-refractivity contribution in [2.45, 2.75) is 25.0 Å². The number of imidazole rings is 1. The lowest BCUT2D eigenvalue weighted by Crippen LogP contribution is -2.03. The zero-order valence-electron chi connectivity index (χ0n) is 8.36. The summed E-state index contributed by atoms with van der Waals surface area (Å²) in [5, 5.41) is 1.45. The zero-order chi connectivity index (χ0) is 10.6. The molecule has 3 heterocycles. The van der Waals surface area contributed by atoms with Crippen molar-refractivity contribution in [3.05, 3.63) is 11.0 Å². The SMILES string of the molecule is Cc1nc(Cl)c2nc3n(c2n1)[C@@H](C)CS3. The molecule has 15 heavy (non-hydrogen) atoms. The summed E-state index contributed by atoms with van der Waals surface area (Å²) in [6, 6.07) is 0.431. The van der Waals surface area contributed by atoms with Gasteiger partial charge in [-0.05, 0) is 13.8 Å². The molecule has 0 amide bonds. The molecule has 0 N–H and O–H groups in total. The molecule has 0 saturated heterocycles. The summed E-state index contributed by atoms with van der Waals surface area (Å²) in [6.45, 7) is 4.01. The third kappa shape index (κ3) is 1.26. The van der Waals surface area contributed by atoms with Gasteiger partial charge in [0, 0.05) is 11.8 Å². The average Bonchev–Trinajstić information content (AvgIpc) is 2.68. The van der Waals surface area contributed by atoms with Gasteiger partial charge in [-0.25, -0.2) is 15.0 Å². The maximum absolute atomic E-state index is 6.04. The highest BCUT2D eigenvalue weighted by Crippen LogP contribution is 2.36. The van der Waals surface area contributed by atoms with Crippen LogP contribution in [0.3, 0.4) is 0 Å². The standard InChI is InChI=1S/C9H9ClN4S/c1-4-3-15-9-13-6-7(10)11-5(2)12-8(6)14(4)9/h4H,3H2,1-2H3/t4-/m0/s1. The zero-order valence-corrected chi connectivity index (χ0v) is 9.93. The monoisotopic (exact) mass is 240 g/mol. The van der Waals surface area contributed by atoms with E-state index in [4.69, 9.17) is 11.6 Å². The number of aromatic nitrogens is 4. The van der Waals surface area contributed by atoms with E-state index in [1.54, 1.807) is 11.8 Å². The number of hydrogen-bond acceptors (Lipinski definition) is 4. The van der Waals surface area contributed by atoms with Gasteiger partial charge in [0.15, 0.2) is 16.0 Å². The molecule has 4 nitrogen and oxygen atoms in total. The Morgan fingerprint density at radius 1 is 1.40 bits per heavy atom. The molecule has 3 rings (SSSR count). The summed E-state index contributed by atoms with van der Waals surface area (Å²) in [6.07, 6.45) is 0. The van der Waals surface area contributed by atoms with Crippen molar-refractivity contribution in [2.75, 3.05) is 5.75 Å². The minimum Gasteiger partial charge on any atom is -0.300 e. The Kier molecular flexibility index (Phi) is 1.94. The van der Waals surface area contributed by atoms with Crippen molar-refractivity contribution in [2.24, 2.45) is 0 Å². The summed E-state index contributed by atoms with van der Waals surface area (Å²) in [5.41, 5.74) is 1.58. The Morgan fingerprint density at radius 3 is 3.00 bits per heavy atom. The number of aryl methyl sites for hydroxylation is 1. The van der Waals surface area contributed by atoms with Crippen LogP contribution in [0.2, 0.25) is 5.15 Å². The number of rotatable bonds is 0. The number of halogens is 1. The second-order valence-corrected chi connectivity index (χ2v) is 5.00. The Morgan fingerprint density at radius 2 is 2.20 bits per heavy atom. The molecular weight excluding hydrogens is 232 g/mol. The van der Waals surface area contributed by atoms with Crippen LogP contribution < -0.4 is 0 Å². The van der Waals surface area contributed by atoms with Crippen LogP contribution in [-0.4, -0.2) is 25.3 Å². The van der Waals surface area contributed by atoms with Gasteiger partial charge < -0.3 is 0 Å². The lowest BCUT2D eigenvalue weighted by Gasteiger charge is -2.05. The van der Waals surface area contributed by atoms with E-state index in [0.717, 1.165) is 22.1 Å². The normalized spacial score (nSPS) is 19.8. The highest BCUT2D eigenvalue weighted by atomic mass is 35.5. The molecule has 1 aliphatic heterocycles. The molecule has 1 aliphatic rings. The second kappa shape index (κ2) is 3.09. The summed E-state index contributed by atoms with van der Waals surface area (Å²) in [4.78, 5) is 13.0. The predicted octanol–water partition coefficient (Wildman–Crippen LogP) is 2.45. The van der Waals surface area contributed by atoms with Crippen molar-refractivity contribution in [1.82, 2.24) is 19.5 Å². The van der Waals surface area contributed by atoms with E-state index in [1.165, 1.54) is 0 Å². The molecule has 78 valence electrons. The maximum atomic E-state index is 6.04. The van der Waals surface area contributed by atoms with Crippen molar-refractivity contribution in [3.8, 4) is 0 Å².